The second kappa shape index (κ2) is 5.47. The first-order valence-electron chi connectivity index (χ1n) is 7.84. The number of hydrogen-bond donors (Lipinski definition) is 2. The Morgan fingerprint density at radius 2 is 1.95 bits per heavy atom. The summed E-state index contributed by atoms with van der Waals surface area (Å²) in [5.74, 6) is -1.25. The van der Waals surface area contributed by atoms with Gasteiger partial charge in [-0.15, -0.1) is 0 Å². The Bertz CT molecular complexity index is 469. The third kappa shape index (κ3) is 2.60. The van der Waals surface area contributed by atoms with Crippen LogP contribution in [0, 0.1) is 22.7 Å². The lowest BCUT2D eigenvalue weighted by molar-refractivity contribution is -0.164. The second-order valence-electron chi connectivity index (χ2n) is 7.32. The van der Waals surface area contributed by atoms with Crippen molar-refractivity contribution >= 4 is 11.9 Å². The van der Waals surface area contributed by atoms with Crippen molar-refractivity contribution in [3.05, 3.63) is 12.2 Å². The first kappa shape index (κ1) is 16.1. The predicted molar refractivity (Wildman–Crippen MR) is 79.9 cm³/mol. The molecular formula is C17H26O4. The van der Waals surface area contributed by atoms with Gasteiger partial charge < -0.3 is 10.2 Å². The van der Waals surface area contributed by atoms with Crippen LogP contribution in [0.2, 0.25) is 0 Å². The molecule has 0 aromatic rings. The Labute approximate surface area is 126 Å². The van der Waals surface area contributed by atoms with Crippen molar-refractivity contribution in [2.75, 3.05) is 0 Å². The van der Waals surface area contributed by atoms with E-state index in [0.29, 0.717) is 6.42 Å². The average Bonchev–Trinajstić information content (AvgIpc) is 2.36. The first-order valence-corrected chi connectivity index (χ1v) is 7.84. The van der Waals surface area contributed by atoms with Gasteiger partial charge in [0.05, 0.1) is 5.41 Å². The standard InChI is InChI=1S/C17H26O4/c1-11-5-7-13-16(2,12(11)6-8-14(18)19)9-4-10-17(13,3)15(20)21/h12-13H,1,4-10H2,2-3H3,(H,18,19)(H,20,21)/t12-,13-,16+,17-/m0/s1. The minimum Gasteiger partial charge on any atom is -0.481 e. The Balaban J connectivity index is 2.33. The molecule has 2 N–H and O–H groups in total. The molecular weight excluding hydrogens is 268 g/mol. The monoisotopic (exact) mass is 294 g/mol. The van der Waals surface area contributed by atoms with Gasteiger partial charge in [0, 0.05) is 6.42 Å². The van der Waals surface area contributed by atoms with Crippen LogP contribution in [0.1, 0.15) is 58.8 Å². The van der Waals surface area contributed by atoms with Crippen LogP contribution in [0.3, 0.4) is 0 Å². The maximum atomic E-state index is 11.8. The molecule has 4 atom stereocenters. The van der Waals surface area contributed by atoms with Crippen molar-refractivity contribution in [1.29, 1.82) is 0 Å². The van der Waals surface area contributed by atoms with Gasteiger partial charge in [0.25, 0.3) is 0 Å². The Hall–Kier alpha value is -1.32. The smallest absolute Gasteiger partial charge is 0.309 e. The van der Waals surface area contributed by atoms with E-state index in [4.69, 9.17) is 5.11 Å². The summed E-state index contributed by atoms with van der Waals surface area (Å²) in [4.78, 5) is 22.7. The molecule has 2 saturated carbocycles. The second-order valence-corrected chi connectivity index (χ2v) is 7.32. The van der Waals surface area contributed by atoms with Crippen molar-refractivity contribution in [3.8, 4) is 0 Å². The highest BCUT2D eigenvalue weighted by Crippen LogP contribution is 2.61. The molecule has 0 aromatic carbocycles. The minimum atomic E-state index is -0.787. The third-order valence-electron chi connectivity index (χ3n) is 6.16. The van der Waals surface area contributed by atoms with Crippen molar-refractivity contribution < 1.29 is 19.8 Å². The van der Waals surface area contributed by atoms with E-state index < -0.39 is 17.4 Å². The summed E-state index contributed by atoms with van der Waals surface area (Å²) in [5, 5.41) is 18.7. The number of allylic oxidation sites excluding steroid dienone is 1. The van der Waals surface area contributed by atoms with Gasteiger partial charge in [0.1, 0.15) is 0 Å². The molecule has 2 rings (SSSR count). The maximum absolute atomic E-state index is 11.8. The van der Waals surface area contributed by atoms with Crippen LogP contribution in [-0.4, -0.2) is 22.2 Å². The van der Waals surface area contributed by atoms with Gasteiger partial charge in [0.15, 0.2) is 0 Å². The number of carbonyl (C=O) groups is 2. The minimum absolute atomic E-state index is 0.112. The van der Waals surface area contributed by atoms with Crippen LogP contribution < -0.4 is 0 Å². The molecule has 4 heteroatoms. The molecule has 2 aliphatic carbocycles. The molecule has 4 nitrogen and oxygen atoms in total. The van der Waals surface area contributed by atoms with Crippen molar-refractivity contribution in [1.82, 2.24) is 0 Å². The average molecular weight is 294 g/mol. The van der Waals surface area contributed by atoms with Crippen LogP contribution in [0.25, 0.3) is 0 Å². The third-order valence-corrected chi connectivity index (χ3v) is 6.16. The van der Waals surface area contributed by atoms with Crippen molar-refractivity contribution in [2.24, 2.45) is 22.7 Å². The summed E-state index contributed by atoms with van der Waals surface area (Å²) in [6.45, 7) is 8.20. The van der Waals surface area contributed by atoms with Gasteiger partial charge in [-0.05, 0) is 56.3 Å². The molecule has 0 spiro atoms. The quantitative estimate of drug-likeness (QED) is 0.775. The summed E-state index contributed by atoms with van der Waals surface area (Å²) >= 11 is 0. The molecule has 0 bridgehead atoms. The van der Waals surface area contributed by atoms with E-state index in [2.05, 4.69) is 13.5 Å². The summed E-state index contributed by atoms with van der Waals surface area (Å²) in [6, 6.07) is 0. The van der Waals surface area contributed by atoms with Crippen LogP contribution >= 0.6 is 0 Å². The highest BCUT2D eigenvalue weighted by Gasteiger charge is 2.57. The normalized spacial score (nSPS) is 39.6. The van der Waals surface area contributed by atoms with Crippen molar-refractivity contribution in [3.63, 3.8) is 0 Å². The predicted octanol–water partition coefficient (Wildman–Crippen LogP) is 3.71. The maximum Gasteiger partial charge on any atom is 0.309 e. The highest BCUT2D eigenvalue weighted by molar-refractivity contribution is 5.75. The fourth-order valence-corrected chi connectivity index (χ4v) is 5.01. The SMILES string of the molecule is C=C1CC[C@H]2[C@](C)(CCC[C@]2(C)C(=O)O)[C@H]1CCC(=O)O. The lowest BCUT2D eigenvalue weighted by Gasteiger charge is -2.57. The van der Waals surface area contributed by atoms with E-state index in [1.54, 1.807) is 0 Å². The summed E-state index contributed by atoms with van der Waals surface area (Å²) < 4.78 is 0. The van der Waals surface area contributed by atoms with Gasteiger partial charge in [-0.25, -0.2) is 0 Å². The lowest BCUT2D eigenvalue weighted by atomic mass is 9.46. The molecule has 0 unspecified atom stereocenters. The van der Waals surface area contributed by atoms with E-state index in [0.717, 1.165) is 37.7 Å². The van der Waals surface area contributed by atoms with E-state index in [1.165, 1.54) is 0 Å². The van der Waals surface area contributed by atoms with E-state index in [9.17, 15) is 14.7 Å². The first-order chi connectivity index (χ1) is 9.71. The van der Waals surface area contributed by atoms with E-state index in [1.807, 2.05) is 6.92 Å². The van der Waals surface area contributed by atoms with Gasteiger partial charge in [-0.3, -0.25) is 9.59 Å². The number of rotatable bonds is 4. The molecule has 0 radical (unpaired) electrons. The van der Waals surface area contributed by atoms with Crippen molar-refractivity contribution in [2.45, 2.75) is 58.8 Å². The topological polar surface area (TPSA) is 74.6 Å². The van der Waals surface area contributed by atoms with Gasteiger partial charge >= 0.3 is 11.9 Å². The number of carboxylic acids is 2. The summed E-state index contributed by atoms with van der Waals surface area (Å²) in [5.41, 5.74) is 0.301. The molecule has 2 fully saturated rings. The summed E-state index contributed by atoms with van der Waals surface area (Å²) in [7, 11) is 0. The van der Waals surface area contributed by atoms with Gasteiger partial charge in [0.2, 0.25) is 0 Å². The lowest BCUT2D eigenvalue weighted by Crippen LogP contribution is -2.53. The molecule has 2 aliphatic rings. The highest BCUT2D eigenvalue weighted by atomic mass is 16.4. The van der Waals surface area contributed by atoms with Gasteiger partial charge in [-0.2, -0.15) is 0 Å². The molecule has 0 aromatic heterocycles. The van der Waals surface area contributed by atoms with Crippen LogP contribution in [0.4, 0.5) is 0 Å². The molecule has 0 saturated heterocycles. The Kier molecular flexibility index (Phi) is 4.18. The Morgan fingerprint density at radius 1 is 1.29 bits per heavy atom. The fraction of sp³-hybridized carbons (Fsp3) is 0.765. The number of fused-ring (bicyclic) bond motifs is 1. The molecule has 21 heavy (non-hydrogen) atoms. The molecule has 0 amide bonds. The largest absolute Gasteiger partial charge is 0.481 e. The number of hydrogen-bond acceptors (Lipinski definition) is 2. The molecule has 0 heterocycles. The fourth-order valence-electron chi connectivity index (χ4n) is 5.01. The zero-order valence-corrected chi connectivity index (χ0v) is 13.0. The van der Waals surface area contributed by atoms with Crippen LogP contribution in [0.5, 0.6) is 0 Å². The zero-order valence-electron chi connectivity index (χ0n) is 13.0. The van der Waals surface area contributed by atoms with E-state index in [-0.39, 0.29) is 23.7 Å². The van der Waals surface area contributed by atoms with E-state index >= 15 is 0 Å². The summed E-state index contributed by atoms with van der Waals surface area (Å²) in [6.07, 6.45) is 5.00. The van der Waals surface area contributed by atoms with Crippen LogP contribution in [-0.2, 0) is 9.59 Å². The van der Waals surface area contributed by atoms with Crippen LogP contribution in [0.15, 0.2) is 12.2 Å². The number of carboxylic acid groups (broad SMARTS) is 2. The Morgan fingerprint density at radius 3 is 2.52 bits per heavy atom. The molecule has 118 valence electrons. The van der Waals surface area contributed by atoms with Gasteiger partial charge in [-0.1, -0.05) is 25.5 Å². The number of aliphatic carboxylic acids is 2. The molecule has 0 aliphatic heterocycles. The zero-order chi connectivity index (χ0) is 15.8.